The minimum Gasteiger partial charge on any atom is -0.338 e. The normalized spacial score (nSPS) is 10.8. The van der Waals surface area contributed by atoms with Gasteiger partial charge in [-0.15, -0.1) is 0 Å². The maximum Gasteiger partial charge on any atom is 0.271 e. The predicted molar refractivity (Wildman–Crippen MR) is 36.7 cm³/mol. The summed E-state index contributed by atoms with van der Waals surface area (Å²) in [6, 6.07) is 0. The molecular weight excluding hydrogens is 171 g/mol. The fourth-order valence-electron chi connectivity index (χ4n) is 0.822. The van der Waals surface area contributed by atoms with E-state index >= 15 is 0 Å². The van der Waals surface area contributed by atoms with Gasteiger partial charge in [-0.25, -0.2) is 8.78 Å². The molecule has 0 aliphatic rings. The first kappa shape index (κ1) is 8.83. The van der Waals surface area contributed by atoms with Crippen LogP contribution in [0.25, 0.3) is 0 Å². The maximum atomic E-state index is 12.5. The van der Waals surface area contributed by atoms with Gasteiger partial charge >= 0.3 is 0 Å². The van der Waals surface area contributed by atoms with Crippen molar-refractivity contribution in [2.24, 2.45) is 0 Å². The summed E-state index contributed by atoms with van der Waals surface area (Å²) in [7, 11) is 0. The molecule has 0 atom stereocenters. The molecule has 1 N–H and O–H groups in total. The SMILES string of the molecule is Cc1c[nH]c(F)c(C(F)F)c1=O. The predicted octanol–water partition coefficient (Wildman–Crippen LogP) is 1.76. The Bertz CT molecular complexity index is 345. The molecule has 0 radical (unpaired) electrons. The highest BCUT2D eigenvalue weighted by Gasteiger charge is 2.18. The van der Waals surface area contributed by atoms with E-state index in [1.165, 1.54) is 6.92 Å². The number of halogens is 3. The highest BCUT2D eigenvalue weighted by atomic mass is 19.3. The lowest BCUT2D eigenvalue weighted by molar-refractivity contribution is 0.143. The molecule has 0 bridgehead atoms. The van der Waals surface area contributed by atoms with Crippen LogP contribution in [0.2, 0.25) is 0 Å². The van der Waals surface area contributed by atoms with Crippen molar-refractivity contribution in [2.45, 2.75) is 13.3 Å². The average Bonchev–Trinajstić information content (AvgIpc) is 1.97. The lowest BCUT2D eigenvalue weighted by atomic mass is 10.2. The van der Waals surface area contributed by atoms with Crippen molar-refractivity contribution in [3.05, 3.63) is 33.5 Å². The van der Waals surface area contributed by atoms with E-state index in [1.54, 1.807) is 0 Å². The topological polar surface area (TPSA) is 32.9 Å². The number of rotatable bonds is 1. The van der Waals surface area contributed by atoms with E-state index in [4.69, 9.17) is 0 Å². The Kier molecular flexibility index (Phi) is 2.21. The van der Waals surface area contributed by atoms with Gasteiger partial charge in [0, 0.05) is 11.8 Å². The molecule has 0 saturated carbocycles. The first-order valence-electron chi connectivity index (χ1n) is 3.20. The number of hydrogen-bond donors (Lipinski definition) is 1. The standard InChI is InChI=1S/C7H6F3NO/c1-3-2-11-7(10)4(5(3)12)6(8)9/h2,6H,1H3,(H,11,12). The van der Waals surface area contributed by atoms with Crippen LogP contribution in [0.4, 0.5) is 13.2 Å². The molecule has 1 aromatic rings. The van der Waals surface area contributed by atoms with E-state index in [0.29, 0.717) is 0 Å². The Morgan fingerprint density at radius 3 is 2.50 bits per heavy atom. The summed E-state index contributed by atoms with van der Waals surface area (Å²) in [5.74, 6) is -1.26. The number of aromatic amines is 1. The van der Waals surface area contributed by atoms with Gasteiger partial charge in [0.15, 0.2) is 5.43 Å². The fourth-order valence-corrected chi connectivity index (χ4v) is 0.822. The summed E-state index contributed by atoms with van der Waals surface area (Å²) in [5, 5.41) is 0. The summed E-state index contributed by atoms with van der Waals surface area (Å²) in [5.41, 5.74) is -1.96. The van der Waals surface area contributed by atoms with Gasteiger partial charge in [-0.1, -0.05) is 0 Å². The second-order valence-corrected chi connectivity index (χ2v) is 2.33. The zero-order valence-corrected chi connectivity index (χ0v) is 6.20. The molecule has 2 nitrogen and oxygen atoms in total. The summed E-state index contributed by atoms with van der Waals surface area (Å²) < 4.78 is 36.6. The smallest absolute Gasteiger partial charge is 0.271 e. The average molecular weight is 177 g/mol. The summed E-state index contributed by atoms with van der Waals surface area (Å²) in [6.45, 7) is 1.34. The number of H-pyrrole nitrogens is 1. The third-order valence-corrected chi connectivity index (χ3v) is 1.47. The third kappa shape index (κ3) is 1.34. The van der Waals surface area contributed by atoms with E-state index < -0.39 is 23.4 Å². The highest BCUT2D eigenvalue weighted by molar-refractivity contribution is 5.19. The highest BCUT2D eigenvalue weighted by Crippen LogP contribution is 2.16. The summed E-state index contributed by atoms with van der Waals surface area (Å²) >= 11 is 0. The molecular formula is C7H6F3NO. The van der Waals surface area contributed by atoms with Crippen LogP contribution in [0.5, 0.6) is 0 Å². The van der Waals surface area contributed by atoms with E-state index in [-0.39, 0.29) is 5.56 Å². The van der Waals surface area contributed by atoms with E-state index in [2.05, 4.69) is 0 Å². The minimum absolute atomic E-state index is 0.0756. The second kappa shape index (κ2) is 3.00. The van der Waals surface area contributed by atoms with Crippen LogP contribution in [-0.4, -0.2) is 4.98 Å². The molecule has 0 fully saturated rings. The Balaban J connectivity index is 3.44. The number of nitrogens with one attached hydrogen (secondary N) is 1. The van der Waals surface area contributed by atoms with Gasteiger partial charge in [0.05, 0.1) is 0 Å². The van der Waals surface area contributed by atoms with Crippen LogP contribution in [-0.2, 0) is 0 Å². The maximum absolute atomic E-state index is 12.5. The lowest BCUT2D eigenvalue weighted by Gasteiger charge is -2.00. The number of aromatic nitrogens is 1. The second-order valence-electron chi connectivity index (χ2n) is 2.33. The van der Waals surface area contributed by atoms with Gasteiger partial charge in [-0.05, 0) is 6.92 Å². The zero-order valence-electron chi connectivity index (χ0n) is 6.20. The van der Waals surface area contributed by atoms with E-state index in [9.17, 15) is 18.0 Å². The monoisotopic (exact) mass is 177 g/mol. The van der Waals surface area contributed by atoms with Crippen molar-refractivity contribution in [1.29, 1.82) is 0 Å². The van der Waals surface area contributed by atoms with Crippen molar-refractivity contribution < 1.29 is 13.2 Å². The molecule has 0 spiro atoms. The zero-order chi connectivity index (χ0) is 9.30. The Morgan fingerprint density at radius 2 is 2.08 bits per heavy atom. The van der Waals surface area contributed by atoms with Crippen LogP contribution in [0.3, 0.4) is 0 Å². The molecule has 0 saturated heterocycles. The van der Waals surface area contributed by atoms with Gasteiger partial charge in [0.1, 0.15) is 5.56 Å². The van der Waals surface area contributed by atoms with Crippen molar-refractivity contribution in [3.63, 3.8) is 0 Å². The first-order chi connectivity index (χ1) is 5.54. The number of aryl methyl sites for hydroxylation is 1. The molecule has 0 aliphatic carbocycles. The molecule has 0 aliphatic heterocycles. The number of hydrogen-bond acceptors (Lipinski definition) is 1. The van der Waals surface area contributed by atoms with E-state index in [0.717, 1.165) is 6.20 Å². The van der Waals surface area contributed by atoms with Crippen LogP contribution < -0.4 is 5.43 Å². The molecule has 1 aromatic heterocycles. The van der Waals surface area contributed by atoms with Crippen molar-refractivity contribution in [2.75, 3.05) is 0 Å². The van der Waals surface area contributed by atoms with Gasteiger partial charge in [-0.3, -0.25) is 4.79 Å². The summed E-state index contributed by atoms with van der Waals surface area (Å²) in [4.78, 5) is 12.8. The molecule has 5 heteroatoms. The molecule has 0 amide bonds. The van der Waals surface area contributed by atoms with Crippen molar-refractivity contribution in [1.82, 2.24) is 4.98 Å². The van der Waals surface area contributed by atoms with Crippen LogP contribution in [0.15, 0.2) is 11.0 Å². The molecule has 0 unspecified atom stereocenters. The number of alkyl halides is 2. The Hall–Kier alpha value is -1.26. The first-order valence-corrected chi connectivity index (χ1v) is 3.20. The van der Waals surface area contributed by atoms with Gasteiger partial charge in [-0.2, -0.15) is 4.39 Å². The van der Waals surface area contributed by atoms with Crippen LogP contribution in [0.1, 0.15) is 17.6 Å². The van der Waals surface area contributed by atoms with Crippen LogP contribution >= 0.6 is 0 Å². The molecule has 66 valence electrons. The van der Waals surface area contributed by atoms with Gasteiger partial charge in [0.2, 0.25) is 5.95 Å². The lowest BCUT2D eigenvalue weighted by Crippen LogP contribution is -2.15. The summed E-state index contributed by atoms with van der Waals surface area (Å²) in [6.07, 6.45) is -2.02. The number of pyridine rings is 1. The quantitative estimate of drug-likeness (QED) is 0.651. The Labute approximate surface area is 66.0 Å². The molecule has 12 heavy (non-hydrogen) atoms. The fraction of sp³-hybridized carbons (Fsp3) is 0.286. The van der Waals surface area contributed by atoms with Gasteiger partial charge in [0.25, 0.3) is 6.43 Å². The van der Waals surface area contributed by atoms with Crippen LogP contribution in [0, 0.1) is 12.9 Å². The molecule has 1 heterocycles. The Morgan fingerprint density at radius 1 is 1.50 bits per heavy atom. The van der Waals surface area contributed by atoms with Gasteiger partial charge < -0.3 is 4.98 Å². The largest absolute Gasteiger partial charge is 0.338 e. The third-order valence-electron chi connectivity index (χ3n) is 1.47. The van der Waals surface area contributed by atoms with E-state index in [1.807, 2.05) is 4.98 Å². The molecule has 0 aromatic carbocycles. The van der Waals surface area contributed by atoms with Crippen molar-refractivity contribution >= 4 is 0 Å². The van der Waals surface area contributed by atoms with Crippen molar-refractivity contribution in [3.8, 4) is 0 Å². The molecule has 1 rings (SSSR count). The minimum atomic E-state index is -3.08.